The average Bonchev–Trinajstić information content (AvgIpc) is 2.15. The number of hydrogen-bond acceptors (Lipinski definition) is 2. The molecule has 0 aromatic rings. The van der Waals surface area contributed by atoms with Gasteiger partial charge >= 0.3 is 0 Å². The van der Waals surface area contributed by atoms with Crippen molar-refractivity contribution in [1.29, 1.82) is 0 Å². The van der Waals surface area contributed by atoms with Crippen LogP contribution in [0, 0.1) is 0 Å². The van der Waals surface area contributed by atoms with Crippen molar-refractivity contribution in [2.75, 3.05) is 6.61 Å². The van der Waals surface area contributed by atoms with Crippen LogP contribution in [-0.4, -0.2) is 23.4 Å². The van der Waals surface area contributed by atoms with Crippen LogP contribution in [0.3, 0.4) is 0 Å². The van der Waals surface area contributed by atoms with Crippen molar-refractivity contribution in [3.05, 3.63) is 0 Å². The zero-order chi connectivity index (χ0) is 11.0. The number of hydrogen-bond donors (Lipinski definition) is 1. The fourth-order valence-electron chi connectivity index (χ4n) is 1.42. The zero-order valence-electron chi connectivity index (χ0n) is 10.2. The topological polar surface area (TPSA) is 29.5 Å². The van der Waals surface area contributed by atoms with E-state index >= 15 is 0 Å². The summed E-state index contributed by atoms with van der Waals surface area (Å²) >= 11 is 0. The molecule has 0 amide bonds. The van der Waals surface area contributed by atoms with E-state index in [4.69, 9.17) is 9.84 Å². The maximum absolute atomic E-state index is 9.16. The first-order valence-corrected chi connectivity index (χ1v) is 5.86. The number of unbranched alkanes of at least 4 members (excludes halogenated alkanes) is 2. The number of aliphatic hydroxyl groups excluding tert-OH is 1. The molecule has 1 N–H and O–H groups in total. The summed E-state index contributed by atoms with van der Waals surface area (Å²) in [4.78, 5) is 0. The number of aliphatic hydroxyl groups is 1. The predicted octanol–water partition coefficient (Wildman–Crippen LogP) is 3.13. The molecule has 0 aliphatic carbocycles. The summed E-state index contributed by atoms with van der Waals surface area (Å²) in [7, 11) is 0. The van der Waals surface area contributed by atoms with E-state index in [-0.39, 0.29) is 11.7 Å². The summed E-state index contributed by atoms with van der Waals surface area (Å²) in [6.45, 7) is 8.72. The molecular weight excluding hydrogens is 176 g/mol. The third-order valence-electron chi connectivity index (χ3n) is 2.73. The largest absolute Gasteiger partial charge is 0.391 e. The lowest BCUT2D eigenvalue weighted by Crippen LogP contribution is -2.31. The van der Waals surface area contributed by atoms with Crippen molar-refractivity contribution in [1.82, 2.24) is 0 Å². The number of rotatable bonds is 8. The molecule has 0 aliphatic rings. The Bertz CT molecular complexity index is 134. The molecule has 2 heteroatoms. The Balaban J connectivity index is 3.79. The summed E-state index contributed by atoms with van der Waals surface area (Å²) < 4.78 is 5.74. The van der Waals surface area contributed by atoms with Gasteiger partial charge < -0.3 is 9.84 Å². The summed E-state index contributed by atoms with van der Waals surface area (Å²) in [5, 5.41) is 9.16. The van der Waals surface area contributed by atoms with Gasteiger partial charge in [0.1, 0.15) is 0 Å². The molecule has 0 saturated heterocycles. The first-order chi connectivity index (χ1) is 6.54. The quantitative estimate of drug-likeness (QED) is 0.613. The van der Waals surface area contributed by atoms with Gasteiger partial charge in [-0.15, -0.1) is 0 Å². The highest BCUT2D eigenvalue weighted by Gasteiger charge is 2.22. The van der Waals surface area contributed by atoms with Gasteiger partial charge in [-0.3, -0.25) is 0 Å². The monoisotopic (exact) mass is 202 g/mol. The van der Waals surface area contributed by atoms with Crippen molar-refractivity contribution in [3.8, 4) is 0 Å². The van der Waals surface area contributed by atoms with Crippen molar-refractivity contribution >= 4 is 0 Å². The van der Waals surface area contributed by atoms with Crippen molar-refractivity contribution in [2.45, 2.75) is 71.5 Å². The standard InChI is InChI=1S/C12H26O2/c1-5-7-8-9-12(4,6-2)14-10-11(3)13/h11,13H,5-10H2,1-4H3. The molecule has 0 aromatic carbocycles. The SMILES string of the molecule is CCCCCC(C)(CC)OCC(C)O. The zero-order valence-corrected chi connectivity index (χ0v) is 10.2. The van der Waals surface area contributed by atoms with Crippen LogP contribution in [0.4, 0.5) is 0 Å². The lowest BCUT2D eigenvalue weighted by Gasteiger charge is -2.29. The van der Waals surface area contributed by atoms with Gasteiger partial charge in [0.25, 0.3) is 0 Å². The highest BCUT2D eigenvalue weighted by atomic mass is 16.5. The summed E-state index contributed by atoms with van der Waals surface area (Å²) in [6, 6.07) is 0. The molecule has 0 aliphatic heterocycles. The molecule has 86 valence electrons. The highest BCUT2D eigenvalue weighted by molar-refractivity contribution is 4.73. The normalized spacial score (nSPS) is 17.8. The molecule has 0 aromatic heterocycles. The fourth-order valence-corrected chi connectivity index (χ4v) is 1.42. The van der Waals surface area contributed by atoms with Gasteiger partial charge in [-0.2, -0.15) is 0 Å². The van der Waals surface area contributed by atoms with Gasteiger partial charge in [-0.05, 0) is 26.7 Å². The molecule has 2 unspecified atom stereocenters. The van der Waals surface area contributed by atoms with Gasteiger partial charge in [0.05, 0.1) is 18.3 Å². The van der Waals surface area contributed by atoms with Gasteiger partial charge in [0, 0.05) is 0 Å². The molecule has 0 heterocycles. The van der Waals surface area contributed by atoms with Crippen LogP contribution in [0.25, 0.3) is 0 Å². The van der Waals surface area contributed by atoms with Crippen LogP contribution in [0.5, 0.6) is 0 Å². The average molecular weight is 202 g/mol. The fraction of sp³-hybridized carbons (Fsp3) is 1.00. The van der Waals surface area contributed by atoms with Crippen molar-refractivity contribution in [3.63, 3.8) is 0 Å². The molecule has 2 atom stereocenters. The molecule has 2 nitrogen and oxygen atoms in total. The molecule has 0 fully saturated rings. The van der Waals surface area contributed by atoms with Crippen molar-refractivity contribution in [2.24, 2.45) is 0 Å². The van der Waals surface area contributed by atoms with Crippen LogP contribution in [0.1, 0.15) is 59.8 Å². The molecule has 0 radical (unpaired) electrons. The minimum Gasteiger partial charge on any atom is -0.391 e. The third-order valence-corrected chi connectivity index (χ3v) is 2.73. The van der Waals surface area contributed by atoms with E-state index in [1.807, 2.05) is 0 Å². The van der Waals surface area contributed by atoms with Crippen LogP contribution >= 0.6 is 0 Å². The maximum atomic E-state index is 9.16. The molecule has 14 heavy (non-hydrogen) atoms. The van der Waals surface area contributed by atoms with Crippen LogP contribution in [-0.2, 0) is 4.74 Å². The predicted molar refractivity (Wildman–Crippen MR) is 60.5 cm³/mol. The van der Waals surface area contributed by atoms with Gasteiger partial charge in [0.15, 0.2) is 0 Å². The minimum atomic E-state index is -0.355. The van der Waals surface area contributed by atoms with E-state index in [1.54, 1.807) is 6.92 Å². The van der Waals surface area contributed by atoms with Crippen LogP contribution in [0.15, 0.2) is 0 Å². The molecule has 0 rings (SSSR count). The summed E-state index contributed by atoms with van der Waals surface area (Å²) in [5.41, 5.74) is -0.0356. The highest BCUT2D eigenvalue weighted by Crippen LogP contribution is 2.23. The molecule has 0 spiro atoms. The van der Waals surface area contributed by atoms with Gasteiger partial charge in [-0.25, -0.2) is 0 Å². The number of ether oxygens (including phenoxy) is 1. The van der Waals surface area contributed by atoms with E-state index in [0.29, 0.717) is 6.61 Å². The second-order valence-corrected chi connectivity index (χ2v) is 4.42. The Kier molecular flexibility index (Phi) is 7.20. The maximum Gasteiger partial charge on any atom is 0.0745 e. The Morgan fingerprint density at radius 2 is 1.93 bits per heavy atom. The Morgan fingerprint density at radius 1 is 1.29 bits per heavy atom. The Morgan fingerprint density at radius 3 is 2.36 bits per heavy atom. The second-order valence-electron chi connectivity index (χ2n) is 4.42. The third kappa shape index (κ3) is 6.39. The summed E-state index contributed by atoms with van der Waals surface area (Å²) in [6.07, 6.45) is 5.50. The van der Waals surface area contributed by atoms with Crippen LogP contribution < -0.4 is 0 Å². The van der Waals surface area contributed by atoms with E-state index in [9.17, 15) is 0 Å². The van der Waals surface area contributed by atoms with E-state index in [1.165, 1.54) is 19.3 Å². The molecule has 0 saturated carbocycles. The minimum absolute atomic E-state index is 0.0356. The smallest absolute Gasteiger partial charge is 0.0745 e. The van der Waals surface area contributed by atoms with Crippen molar-refractivity contribution < 1.29 is 9.84 Å². The lowest BCUT2D eigenvalue weighted by atomic mass is 9.95. The first kappa shape index (κ1) is 13.9. The Labute approximate surface area is 88.7 Å². The van der Waals surface area contributed by atoms with E-state index < -0.39 is 0 Å². The Hall–Kier alpha value is -0.0800. The van der Waals surface area contributed by atoms with E-state index in [0.717, 1.165) is 12.8 Å². The van der Waals surface area contributed by atoms with E-state index in [2.05, 4.69) is 20.8 Å². The van der Waals surface area contributed by atoms with Gasteiger partial charge in [-0.1, -0.05) is 33.1 Å². The lowest BCUT2D eigenvalue weighted by molar-refractivity contribution is -0.0731. The van der Waals surface area contributed by atoms with Gasteiger partial charge in [0.2, 0.25) is 0 Å². The van der Waals surface area contributed by atoms with Crippen LogP contribution in [0.2, 0.25) is 0 Å². The second kappa shape index (κ2) is 7.24. The molecular formula is C12H26O2. The molecule has 0 bridgehead atoms. The summed E-state index contributed by atoms with van der Waals surface area (Å²) in [5.74, 6) is 0. The first-order valence-electron chi connectivity index (χ1n) is 5.86.